The molecule has 5 heterocycles. The van der Waals surface area contributed by atoms with Crippen LogP contribution in [0.2, 0.25) is 0 Å². The van der Waals surface area contributed by atoms with Crippen LogP contribution >= 0.6 is 0 Å². The molecule has 6 nitrogen and oxygen atoms in total. The third-order valence-corrected chi connectivity index (χ3v) is 5.27. The van der Waals surface area contributed by atoms with Crippen LogP contribution < -0.4 is 0 Å². The van der Waals surface area contributed by atoms with Crippen molar-refractivity contribution in [3.05, 3.63) is 85.7 Å². The quantitative estimate of drug-likeness (QED) is 0.435. The Morgan fingerprint density at radius 3 is 2.37 bits per heavy atom. The van der Waals surface area contributed by atoms with Crippen LogP contribution in [-0.2, 0) is 0 Å². The summed E-state index contributed by atoms with van der Waals surface area (Å²) >= 11 is 0. The van der Waals surface area contributed by atoms with Gasteiger partial charge in [-0.15, -0.1) is 0 Å². The summed E-state index contributed by atoms with van der Waals surface area (Å²) in [5.74, 6) is 0.803. The Bertz CT molecular complexity index is 1480. The molecule has 0 saturated heterocycles. The summed E-state index contributed by atoms with van der Waals surface area (Å²) in [6.45, 7) is 0. The molecule has 0 unspecified atom stereocenters. The Balaban J connectivity index is 1.52. The first-order chi connectivity index (χ1) is 14.9. The molecule has 6 heteroatoms. The molecule has 0 fully saturated rings. The monoisotopic (exact) mass is 388 g/mol. The number of fused-ring (bicyclic) bond motifs is 2. The maximum atomic E-state index is 4.94. The van der Waals surface area contributed by atoms with Crippen LogP contribution in [0.5, 0.6) is 0 Å². The number of benzene rings is 1. The van der Waals surface area contributed by atoms with E-state index in [9.17, 15) is 0 Å². The number of imidazole rings is 1. The second kappa shape index (κ2) is 6.63. The largest absolute Gasteiger partial charge is 0.345 e. The zero-order chi connectivity index (χ0) is 19.9. The van der Waals surface area contributed by atoms with E-state index < -0.39 is 0 Å². The lowest BCUT2D eigenvalue weighted by molar-refractivity contribution is 1.30. The fraction of sp³-hybridized carbons (Fsp3) is 0. The van der Waals surface area contributed by atoms with Gasteiger partial charge in [0.2, 0.25) is 0 Å². The lowest BCUT2D eigenvalue weighted by Crippen LogP contribution is -1.84. The van der Waals surface area contributed by atoms with E-state index in [1.54, 1.807) is 12.4 Å². The van der Waals surface area contributed by atoms with Gasteiger partial charge in [-0.25, -0.2) is 9.97 Å². The number of aromatic nitrogens is 6. The average molecular weight is 388 g/mol. The van der Waals surface area contributed by atoms with Crippen LogP contribution in [0.4, 0.5) is 0 Å². The summed E-state index contributed by atoms with van der Waals surface area (Å²) in [6, 6.07) is 16.2. The number of H-pyrrole nitrogens is 2. The molecule has 142 valence electrons. The topological polar surface area (TPSA) is 83.1 Å². The van der Waals surface area contributed by atoms with Gasteiger partial charge in [-0.1, -0.05) is 24.3 Å². The third-order valence-electron chi connectivity index (χ3n) is 5.27. The van der Waals surface area contributed by atoms with Crippen molar-refractivity contribution in [3.63, 3.8) is 0 Å². The van der Waals surface area contributed by atoms with Crippen LogP contribution in [0, 0.1) is 0 Å². The molecule has 0 atom stereocenters. The van der Waals surface area contributed by atoms with E-state index in [2.05, 4.69) is 37.1 Å². The summed E-state index contributed by atoms with van der Waals surface area (Å²) in [5.41, 5.74) is 7.86. The number of nitrogens with zero attached hydrogens (tertiary/aromatic N) is 4. The maximum absolute atomic E-state index is 4.94. The van der Waals surface area contributed by atoms with Crippen molar-refractivity contribution in [2.24, 2.45) is 0 Å². The van der Waals surface area contributed by atoms with Gasteiger partial charge in [0.25, 0.3) is 0 Å². The van der Waals surface area contributed by atoms with E-state index in [4.69, 9.17) is 4.98 Å². The fourth-order valence-electron chi connectivity index (χ4n) is 3.81. The van der Waals surface area contributed by atoms with Crippen molar-refractivity contribution >= 4 is 22.1 Å². The minimum absolute atomic E-state index is 0.803. The first-order valence-corrected chi connectivity index (χ1v) is 9.64. The zero-order valence-electron chi connectivity index (χ0n) is 15.9. The lowest BCUT2D eigenvalue weighted by atomic mass is 10.1. The predicted molar refractivity (Wildman–Crippen MR) is 118 cm³/mol. The lowest BCUT2D eigenvalue weighted by Gasteiger charge is -2.01. The summed E-state index contributed by atoms with van der Waals surface area (Å²) < 4.78 is 0. The molecule has 0 aliphatic heterocycles. The molecule has 0 saturated carbocycles. The molecule has 1 aromatic carbocycles. The Morgan fingerprint density at radius 1 is 0.733 bits per heavy atom. The molecule has 0 aliphatic carbocycles. The third kappa shape index (κ3) is 2.66. The van der Waals surface area contributed by atoms with Gasteiger partial charge in [0.1, 0.15) is 11.5 Å². The summed E-state index contributed by atoms with van der Waals surface area (Å²) in [7, 11) is 0. The highest BCUT2D eigenvalue weighted by Gasteiger charge is 2.15. The van der Waals surface area contributed by atoms with Gasteiger partial charge in [0.15, 0.2) is 0 Å². The number of para-hydroxylation sites is 1. The van der Waals surface area contributed by atoms with Crippen LogP contribution in [0.25, 0.3) is 55.7 Å². The van der Waals surface area contributed by atoms with E-state index in [0.717, 1.165) is 55.7 Å². The van der Waals surface area contributed by atoms with Crippen molar-refractivity contribution in [2.75, 3.05) is 0 Å². The number of pyridine rings is 3. The standard InChI is InChI=1S/C24H16N6/c1-6-18(16-5-3-9-26-12-16)22-21(7-1)29-24(30-22)20-14-28-23-19(20)10-17(13-27-23)15-4-2-8-25-11-15/h1-14H,(H,27,28)(H,29,30). The number of nitrogens with one attached hydrogen (secondary N) is 2. The van der Waals surface area contributed by atoms with Crippen LogP contribution in [0.15, 0.2) is 85.7 Å². The molecule has 5 aromatic heterocycles. The van der Waals surface area contributed by atoms with E-state index in [1.807, 2.05) is 61.2 Å². The molecular weight excluding hydrogens is 372 g/mol. The number of rotatable bonds is 3. The Hall–Kier alpha value is -4.32. The molecule has 0 spiro atoms. The average Bonchev–Trinajstić information content (AvgIpc) is 3.43. The summed E-state index contributed by atoms with van der Waals surface area (Å²) in [5, 5.41) is 1.01. The fourth-order valence-corrected chi connectivity index (χ4v) is 3.81. The van der Waals surface area contributed by atoms with Gasteiger partial charge in [-0.3, -0.25) is 9.97 Å². The van der Waals surface area contributed by atoms with Crippen molar-refractivity contribution in [1.29, 1.82) is 0 Å². The molecule has 6 aromatic rings. The predicted octanol–water partition coefficient (Wildman–Crippen LogP) is 5.23. The van der Waals surface area contributed by atoms with Gasteiger partial charge >= 0.3 is 0 Å². The minimum Gasteiger partial charge on any atom is -0.345 e. The molecule has 6 rings (SSSR count). The second-order valence-corrected chi connectivity index (χ2v) is 7.09. The summed E-state index contributed by atoms with van der Waals surface area (Å²) in [4.78, 5) is 24.7. The molecule has 30 heavy (non-hydrogen) atoms. The zero-order valence-corrected chi connectivity index (χ0v) is 15.9. The van der Waals surface area contributed by atoms with E-state index >= 15 is 0 Å². The van der Waals surface area contributed by atoms with Gasteiger partial charge in [-0.05, 0) is 24.3 Å². The molecule has 0 aliphatic rings. The van der Waals surface area contributed by atoms with Gasteiger partial charge < -0.3 is 9.97 Å². The van der Waals surface area contributed by atoms with Crippen LogP contribution in [-0.4, -0.2) is 29.9 Å². The van der Waals surface area contributed by atoms with Crippen molar-refractivity contribution in [2.45, 2.75) is 0 Å². The smallest absolute Gasteiger partial charge is 0.140 e. The van der Waals surface area contributed by atoms with Crippen molar-refractivity contribution < 1.29 is 0 Å². The van der Waals surface area contributed by atoms with Crippen LogP contribution in [0.3, 0.4) is 0 Å². The molecule has 0 bridgehead atoms. The maximum Gasteiger partial charge on any atom is 0.140 e. The van der Waals surface area contributed by atoms with E-state index in [0.29, 0.717) is 0 Å². The Kier molecular flexibility index (Phi) is 3.67. The molecule has 2 N–H and O–H groups in total. The molecule has 0 amide bonds. The second-order valence-electron chi connectivity index (χ2n) is 7.09. The van der Waals surface area contributed by atoms with Crippen molar-refractivity contribution in [1.82, 2.24) is 29.9 Å². The number of hydrogen-bond donors (Lipinski definition) is 2. The molecule has 0 radical (unpaired) electrons. The van der Waals surface area contributed by atoms with Crippen molar-refractivity contribution in [3.8, 4) is 33.6 Å². The van der Waals surface area contributed by atoms with E-state index in [1.165, 1.54) is 0 Å². The number of hydrogen-bond acceptors (Lipinski definition) is 4. The highest BCUT2D eigenvalue weighted by Crippen LogP contribution is 2.33. The van der Waals surface area contributed by atoms with Gasteiger partial charge in [-0.2, -0.15) is 0 Å². The Labute approximate surface area is 171 Å². The highest BCUT2D eigenvalue weighted by molar-refractivity contribution is 5.98. The number of aromatic amines is 2. The molecular formula is C24H16N6. The summed E-state index contributed by atoms with van der Waals surface area (Å²) in [6.07, 6.45) is 11.1. The highest BCUT2D eigenvalue weighted by atomic mass is 14.9. The first kappa shape index (κ1) is 16.6. The van der Waals surface area contributed by atoms with E-state index in [-0.39, 0.29) is 0 Å². The SMILES string of the molecule is c1cncc(-c2cnc3[nH]cc(-c4nc5c(-c6cccnc6)cccc5[nH]4)c3c2)c1. The van der Waals surface area contributed by atoms with Gasteiger partial charge in [0.05, 0.1) is 11.0 Å². The normalized spacial score (nSPS) is 11.3. The minimum atomic E-state index is 0.803. The van der Waals surface area contributed by atoms with Crippen LogP contribution in [0.1, 0.15) is 0 Å². The Morgan fingerprint density at radius 2 is 1.57 bits per heavy atom. The first-order valence-electron chi connectivity index (χ1n) is 9.64. The van der Waals surface area contributed by atoms with Gasteiger partial charge in [0, 0.05) is 70.4 Å².